The molecule has 742 valence electrons. The number of hydrogen-bond acceptors (Lipinski definition) is 16. The zero-order valence-electron chi connectivity index (χ0n) is 79.2. The topological polar surface area (TPSA) is 332 Å². The number of carbonyl (C=O) groups excluding carboxylic acids is 6. The fourth-order valence-corrected chi connectivity index (χ4v) is 17.4. The lowest BCUT2D eigenvalue weighted by Crippen LogP contribution is -2.30. The van der Waals surface area contributed by atoms with Gasteiger partial charge in [0, 0.05) is 165 Å². The summed E-state index contributed by atoms with van der Waals surface area (Å²) in [7, 11) is 8.93. The molecule has 0 saturated heterocycles. The minimum Gasteiger partial charge on any atom is -0.506 e. The first-order valence-electron chi connectivity index (χ1n) is 44.2. The number of alkyl halides is 3. The van der Waals surface area contributed by atoms with E-state index < -0.39 is 5.24 Å². The Morgan fingerprint density at radius 2 is 0.815 bits per heavy atom. The van der Waals surface area contributed by atoms with Gasteiger partial charge < -0.3 is 40.2 Å². The quantitative estimate of drug-likeness (QED) is 0.0292. The summed E-state index contributed by atoms with van der Waals surface area (Å²) in [5.41, 5.74) is 20.7. The number of nitriles is 2. The van der Waals surface area contributed by atoms with Crippen LogP contribution in [0.1, 0.15) is 46.3 Å². The average molecular weight is 2420 g/mol. The summed E-state index contributed by atoms with van der Waals surface area (Å²) >= 11 is 41.5. The third-order valence-corrected chi connectivity index (χ3v) is 26.2. The van der Waals surface area contributed by atoms with Gasteiger partial charge in [0.2, 0.25) is 41.2 Å². The monoisotopic (exact) mass is 2410 g/mol. The molecule has 0 spiro atoms. The number of fused-ring (bicyclic) bond motifs is 10. The lowest BCUT2D eigenvalue weighted by Gasteiger charge is -2.21. The number of amides is 2. The van der Waals surface area contributed by atoms with Crippen molar-refractivity contribution < 1.29 is 43.3 Å². The van der Waals surface area contributed by atoms with Gasteiger partial charge in [-0.2, -0.15) is 10.5 Å². The molecule has 8 aromatic heterocycles. The molecule has 2 amide bonds. The maximum atomic E-state index is 12.9. The normalized spacial score (nSPS) is 10.6. The molecular weight excluding hydrogens is 2330 g/mol. The maximum absolute atomic E-state index is 12.9. The highest BCUT2D eigenvalue weighted by Gasteiger charge is 2.26. The fourth-order valence-electron chi connectivity index (χ4n) is 15.6. The molecule has 0 saturated carbocycles. The number of aromatic amines is 2. The Bertz CT molecular complexity index is 8300. The molecule has 12 aromatic carbocycles. The van der Waals surface area contributed by atoms with Crippen LogP contribution in [0.15, 0.2) is 365 Å². The van der Waals surface area contributed by atoms with Crippen molar-refractivity contribution in [3.63, 3.8) is 0 Å². The van der Waals surface area contributed by atoms with E-state index in [0.717, 1.165) is 149 Å². The average Bonchev–Trinajstić information content (AvgIpc) is 1.57. The number of nitrogens with zero attached hydrogens (tertiary/aromatic N) is 11. The first-order chi connectivity index (χ1) is 70.1. The number of ether oxygens (including phenoxy) is 2. The predicted octanol–water partition coefficient (Wildman–Crippen LogP) is 28.0. The molecule has 146 heavy (non-hydrogen) atoms. The van der Waals surface area contributed by atoms with Gasteiger partial charge in [0.05, 0.1) is 73.3 Å². The van der Waals surface area contributed by atoms with Crippen molar-refractivity contribution in [2.75, 3.05) is 66.8 Å². The summed E-state index contributed by atoms with van der Waals surface area (Å²) < 4.78 is 25.4. The van der Waals surface area contributed by atoms with Crippen LogP contribution in [0, 0.1) is 22.7 Å². The Kier molecular flexibility index (Phi) is 39.8. The van der Waals surface area contributed by atoms with Crippen LogP contribution in [0.5, 0.6) is 5.75 Å². The number of anilines is 7. The Morgan fingerprint density at radius 1 is 0.438 bits per heavy atom. The number of benzene rings is 12. The second-order valence-electron chi connectivity index (χ2n) is 31.9. The molecule has 0 aliphatic heterocycles. The molecule has 0 unspecified atom stereocenters. The number of H-pyrrole nitrogens is 2. The van der Waals surface area contributed by atoms with Crippen molar-refractivity contribution >= 4 is 304 Å². The highest BCUT2D eigenvalue weighted by Crippen LogP contribution is 2.39. The van der Waals surface area contributed by atoms with Crippen LogP contribution in [0.3, 0.4) is 0 Å². The number of nitrogens with two attached hydrogens (primary N) is 1. The molecule has 6 N–H and O–H groups in total. The Labute approximate surface area is 908 Å². The van der Waals surface area contributed by atoms with E-state index in [1.54, 1.807) is 75.1 Å². The van der Waals surface area contributed by atoms with Gasteiger partial charge in [-0.3, -0.25) is 75.9 Å². The minimum atomic E-state index is -0.508. The molecule has 26 nitrogen and oxygen atoms in total. The highest BCUT2D eigenvalue weighted by molar-refractivity contribution is 9.11. The SMILES string of the molecule is CC(=O)n1cc(N(C(=O)CCl)c2ccc(Br)cc2)c2ccccc21.CC(=O)n1cc(Nc2ccc(Br)cc2)c2ccccc21.CC(=O)n1cc(O)c2ccccc21.COC(OC)N(C)C.Cn1c2ccccc2c2c1cc(C#N)c(=O)n2-c1ccc(Br)cc1.N#Cc1cc2[nH]c3ccccc3c2n(-c2ccc(Br)cc2)c1=O.Nc1ccc(Br)cc1.O=C(CCl)N(c1ccc(Br)cc1)c1c[nH]c2ccccc12.O=C(Cl)CCl. The number of hydrogen-bond donors (Lipinski definition) is 5. The second-order valence-corrected chi connectivity index (χ2v) is 38.6. The van der Waals surface area contributed by atoms with E-state index in [2.05, 4.69) is 111 Å². The molecule has 0 atom stereocenters. The standard InChI is InChI=1S/C19H12BrN3O.C18H14BrClN2O2.C18H10BrN3O.C16H12BrClN2O.C16H13BrN2O.C10H9NO2.C6H6BrN.C5H13NO2.C2H2Cl2O/c1-22-16-5-3-2-4-15(16)18-17(22)10-12(11-21)19(24)23(18)14-8-6-13(20)7-9-14;1-12(23)21-11-17(15-4-2-3-5-16(15)21)22(18(24)10-20)14-8-6-13(19)7-9-14;19-12-5-7-13(8-6-12)22-17-14-3-1-2-4-15(14)21-16(17)9-11(10-20)18(22)23;17-11-5-7-12(8-6-11)20(16(21)9-18)15-10-19-14-4-2-1-3-13(14)15;1-11(20)19-10-15(14-4-2-3-5-16(14)19)18-13-8-6-12(17)7-9-13;1-7(12)11-6-10(13)8-4-2-3-5-9(8)11;7-5-1-3-6(8)4-2-5;1-6(2)5(7-3)8-4;3-1-2(4)5/h2-10H,1H3;2-9,11H,10H2,1H3;1-9,21H;1-8,10,19H,9H2;2-10,18H,1H3;2-6,13H,1H3;1-4H,8H2;5H,1-4H3;1H2. The number of aromatic hydroxyl groups is 1. The van der Waals surface area contributed by atoms with Crippen LogP contribution >= 0.6 is 142 Å². The molecule has 20 rings (SSSR count). The summed E-state index contributed by atoms with van der Waals surface area (Å²) in [6.45, 7) is 4.52. The second kappa shape index (κ2) is 52.3. The Hall–Kier alpha value is -13.8. The van der Waals surface area contributed by atoms with Gasteiger partial charge in [-0.1, -0.05) is 199 Å². The van der Waals surface area contributed by atoms with Gasteiger partial charge in [0.15, 0.2) is 0 Å². The van der Waals surface area contributed by atoms with Crippen molar-refractivity contribution in [1.82, 2.24) is 42.3 Å². The predicted molar refractivity (Wildman–Crippen MR) is 610 cm³/mol. The zero-order valence-corrected chi connectivity index (χ0v) is 91.7. The fraction of sp³-hybridized carbons (Fsp3) is 0.109. The number of halogens is 10. The van der Waals surface area contributed by atoms with E-state index in [1.165, 1.54) is 29.2 Å². The van der Waals surface area contributed by atoms with E-state index in [4.69, 9.17) is 61.6 Å². The Balaban J connectivity index is 0.000000151. The largest absolute Gasteiger partial charge is 0.506 e. The minimum absolute atomic E-state index is 0.00468. The zero-order chi connectivity index (χ0) is 105. The third kappa shape index (κ3) is 27.1. The van der Waals surface area contributed by atoms with Gasteiger partial charge in [-0.15, -0.1) is 34.8 Å². The van der Waals surface area contributed by atoms with Crippen molar-refractivity contribution in [2.45, 2.75) is 27.2 Å². The molecule has 36 heteroatoms. The van der Waals surface area contributed by atoms with E-state index in [9.17, 15) is 54.0 Å². The molecule has 0 bridgehead atoms. The van der Waals surface area contributed by atoms with E-state index in [1.807, 2.05) is 334 Å². The lowest BCUT2D eigenvalue weighted by molar-refractivity contribution is -0.179. The molecule has 0 aliphatic carbocycles. The van der Waals surface area contributed by atoms with Crippen molar-refractivity contribution in [3.8, 4) is 29.3 Å². The summed E-state index contributed by atoms with van der Waals surface area (Å²) in [5, 5.41) is 36.5. The highest BCUT2D eigenvalue weighted by atomic mass is 79.9. The van der Waals surface area contributed by atoms with Gasteiger partial charge in [-0.05, 0) is 226 Å². The summed E-state index contributed by atoms with van der Waals surface area (Å²) in [6, 6.07) is 98.9. The van der Waals surface area contributed by atoms with E-state index in [-0.39, 0.29) is 81.6 Å². The van der Waals surface area contributed by atoms with Crippen LogP contribution in [-0.4, -0.2) is 135 Å². The van der Waals surface area contributed by atoms with Crippen molar-refractivity contribution in [1.29, 1.82) is 10.5 Å². The van der Waals surface area contributed by atoms with Crippen LogP contribution in [0.4, 0.5) is 39.8 Å². The number of carbonyl (C=O) groups is 6. The number of methoxy groups -OCH3 is 2. The summed E-state index contributed by atoms with van der Waals surface area (Å²) in [5.74, 6) is -0.819. The smallest absolute Gasteiger partial charge is 0.273 e. The third-order valence-electron chi connectivity index (χ3n) is 22.1. The molecule has 0 fully saturated rings. The molecular formula is C110H91Br6Cl4N15O11. The molecule has 0 radical (unpaired) electrons. The lowest BCUT2D eigenvalue weighted by atomic mass is 10.2. The van der Waals surface area contributed by atoms with Crippen LogP contribution in [-0.2, 0) is 30.9 Å². The number of para-hydroxylation sites is 6. The molecule has 8 heterocycles. The molecule has 20 aromatic rings. The van der Waals surface area contributed by atoms with Crippen LogP contribution in [0.2, 0.25) is 0 Å². The van der Waals surface area contributed by atoms with E-state index >= 15 is 0 Å². The number of nitrogens with one attached hydrogen (secondary N) is 3. The first kappa shape index (κ1) is 111. The number of rotatable bonds is 14. The van der Waals surface area contributed by atoms with Crippen LogP contribution < -0.4 is 32.0 Å². The molecule has 0 aliphatic rings. The summed E-state index contributed by atoms with van der Waals surface area (Å²) in [4.78, 5) is 106. The van der Waals surface area contributed by atoms with Gasteiger partial charge in [-0.25, -0.2) is 0 Å². The van der Waals surface area contributed by atoms with Crippen molar-refractivity contribution in [3.05, 3.63) is 387 Å². The van der Waals surface area contributed by atoms with E-state index in [0.29, 0.717) is 16.8 Å². The first-order valence-corrected chi connectivity index (χ1v) is 50.9. The summed E-state index contributed by atoms with van der Waals surface area (Å²) in [6.07, 6.45) is 6.58. The van der Waals surface area contributed by atoms with Gasteiger partial charge in [0.25, 0.3) is 11.1 Å². The number of pyridine rings is 2. The van der Waals surface area contributed by atoms with Crippen molar-refractivity contribution in [2.24, 2.45) is 7.05 Å². The number of aryl methyl sites for hydroxylation is 1. The maximum Gasteiger partial charge on any atom is 0.273 e. The van der Waals surface area contributed by atoms with Crippen LogP contribution in [0.25, 0.3) is 98.9 Å². The number of nitrogen functional groups attached to an aromatic ring is 1. The number of aromatic nitrogens is 8. The Morgan fingerprint density at radius 3 is 1.27 bits per heavy atom. The van der Waals surface area contributed by atoms with Gasteiger partial charge >= 0.3 is 0 Å². The van der Waals surface area contributed by atoms with Gasteiger partial charge in [0.1, 0.15) is 40.8 Å².